The van der Waals surface area contributed by atoms with Crippen LogP contribution in [0.1, 0.15) is 69.8 Å². The highest BCUT2D eigenvalue weighted by Crippen LogP contribution is 2.38. The SMILES string of the molecule is CCOC(=O)c1c(NC(=O)C(=O)N/N=C(\C)c2ccc(OC(=O)c3ccc(OC)cc3)c(OC)c2)sc2c1CCCCC2. The summed E-state index contributed by atoms with van der Waals surface area (Å²) >= 11 is 1.30. The minimum absolute atomic E-state index is 0.190. The Balaban J connectivity index is 1.43. The molecule has 2 N–H and O–H groups in total. The van der Waals surface area contributed by atoms with Gasteiger partial charge in [-0.15, -0.1) is 11.3 Å². The van der Waals surface area contributed by atoms with Crippen molar-refractivity contribution in [1.82, 2.24) is 5.43 Å². The van der Waals surface area contributed by atoms with Crippen LogP contribution in [-0.2, 0) is 27.2 Å². The molecule has 226 valence electrons. The van der Waals surface area contributed by atoms with Crippen LogP contribution in [0.25, 0.3) is 0 Å². The molecule has 11 nitrogen and oxygen atoms in total. The van der Waals surface area contributed by atoms with Gasteiger partial charge in [-0.05, 0) is 87.6 Å². The van der Waals surface area contributed by atoms with Crippen molar-refractivity contribution in [3.05, 3.63) is 69.6 Å². The fraction of sp³-hybridized carbons (Fsp3) is 0.323. The van der Waals surface area contributed by atoms with Crippen LogP contribution in [0.15, 0.2) is 47.6 Å². The Bertz CT molecular complexity index is 1550. The van der Waals surface area contributed by atoms with E-state index in [9.17, 15) is 19.2 Å². The Morgan fingerprint density at radius 1 is 0.860 bits per heavy atom. The summed E-state index contributed by atoms with van der Waals surface area (Å²) in [4.78, 5) is 51.7. The van der Waals surface area contributed by atoms with Crippen LogP contribution in [0.4, 0.5) is 5.00 Å². The van der Waals surface area contributed by atoms with Crippen LogP contribution < -0.4 is 25.0 Å². The Labute approximate surface area is 253 Å². The lowest BCUT2D eigenvalue weighted by Crippen LogP contribution is -2.33. The van der Waals surface area contributed by atoms with Crippen LogP contribution in [-0.4, -0.2) is 50.3 Å². The fourth-order valence-electron chi connectivity index (χ4n) is 4.52. The van der Waals surface area contributed by atoms with E-state index in [2.05, 4.69) is 15.8 Å². The molecule has 0 bridgehead atoms. The second-order valence-electron chi connectivity index (χ2n) is 9.56. The summed E-state index contributed by atoms with van der Waals surface area (Å²) in [7, 11) is 2.96. The van der Waals surface area contributed by atoms with Gasteiger partial charge in [-0.2, -0.15) is 5.10 Å². The van der Waals surface area contributed by atoms with Gasteiger partial charge in [0.1, 0.15) is 10.8 Å². The van der Waals surface area contributed by atoms with Crippen LogP contribution in [0.3, 0.4) is 0 Å². The van der Waals surface area contributed by atoms with Gasteiger partial charge in [0.05, 0.1) is 37.7 Å². The van der Waals surface area contributed by atoms with Crippen LogP contribution in [0, 0.1) is 0 Å². The highest BCUT2D eigenvalue weighted by atomic mass is 32.1. The summed E-state index contributed by atoms with van der Waals surface area (Å²) in [5, 5.41) is 6.92. The quantitative estimate of drug-likeness (QED) is 0.0873. The zero-order valence-electron chi connectivity index (χ0n) is 24.4. The number of carbonyl (C=O) groups is 4. The van der Waals surface area contributed by atoms with Crippen LogP contribution in [0.5, 0.6) is 17.2 Å². The van der Waals surface area contributed by atoms with Gasteiger partial charge in [-0.25, -0.2) is 15.0 Å². The highest BCUT2D eigenvalue weighted by molar-refractivity contribution is 7.17. The molecule has 1 aliphatic carbocycles. The number of hydrazone groups is 1. The van der Waals surface area contributed by atoms with Crippen molar-refractivity contribution in [3.8, 4) is 17.2 Å². The van der Waals surface area contributed by atoms with E-state index in [1.807, 2.05) is 0 Å². The smallest absolute Gasteiger partial charge is 0.343 e. The number of carbonyl (C=O) groups excluding carboxylic acids is 4. The Hall–Kier alpha value is -4.71. The minimum Gasteiger partial charge on any atom is -0.497 e. The lowest BCUT2D eigenvalue weighted by atomic mass is 10.1. The lowest BCUT2D eigenvalue weighted by Gasteiger charge is -2.11. The van der Waals surface area contributed by atoms with E-state index in [-0.39, 0.29) is 18.1 Å². The maximum atomic E-state index is 12.8. The van der Waals surface area contributed by atoms with Gasteiger partial charge in [0.25, 0.3) is 0 Å². The van der Waals surface area contributed by atoms with Crippen molar-refractivity contribution in [1.29, 1.82) is 0 Å². The number of nitrogens with zero attached hydrogens (tertiary/aromatic N) is 1. The lowest BCUT2D eigenvalue weighted by molar-refractivity contribution is -0.136. The summed E-state index contributed by atoms with van der Waals surface area (Å²) in [5.74, 6) is -1.99. The van der Waals surface area contributed by atoms with E-state index < -0.39 is 23.8 Å². The van der Waals surface area contributed by atoms with E-state index in [4.69, 9.17) is 18.9 Å². The molecule has 4 rings (SSSR count). The van der Waals surface area contributed by atoms with Gasteiger partial charge in [-0.3, -0.25) is 9.59 Å². The summed E-state index contributed by atoms with van der Waals surface area (Å²) < 4.78 is 21.2. The van der Waals surface area contributed by atoms with Crippen molar-refractivity contribution in [2.75, 3.05) is 26.1 Å². The third-order valence-corrected chi connectivity index (χ3v) is 7.98. The maximum absolute atomic E-state index is 12.8. The van der Waals surface area contributed by atoms with Gasteiger partial charge in [0.2, 0.25) is 0 Å². The average molecular weight is 608 g/mol. The van der Waals surface area contributed by atoms with Crippen LogP contribution >= 0.6 is 11.3 Å². The monoisotopic (exact) mass is 607 g/mol. The van der Waals surface area contributed by atoms with E-state index >= 15 is 0 Å². The molecule has 1 aromatic heterocycles. The second kappa shape index (κ2) is 14.5. The number of methoxy groups -OCH3 is 2. The molecule has 3 aromatic rings. The number of thiophene rings is 1. The van der Waals surface area contributed by atoms with Crippen molar-refractivity contribution < 1.29 is 38.1 Å². The summed E-state index contributed by atoms with van der Waals surface area (Å²) in [6, 6.07) is 11.2. The maximum Gasteiger partial charge on any atom is 0.343 e. The highest BCUT2D eigenvalue weighted by Gasteiger charge is 2.28. The molecule has 2 amide bonds. The third-order valence-electron chi connectivity index (χ3n) is 6.77. The molecule has 0 saturated heterocycles. The summed E-state index contributed by atoms with van der Waals surface area (Å²) in [5.41, 5.74) is 4.71. The standard InChI is InChI=1S/C31H33N3O8S/c1-5-41-31(38)26-22-9-7-6-8-10-25(22)43-29(26)32-27(35)28(36)34-33-18(2)20-13-16-23(24(17-20)40-4)42-30(37)19-11-14-21(39-3)15-12-19/h11-17H,5-10H2,1-4H3,(H,32,35)(H,34,36)/b33-18+. The number of anilines is 1. The Kier molecular flexibility index (Phi) is 10.5. The van der Waals surface area contributed by atoms with Crippen molar-refractivity contribution in [3.63, 3.8) is 0 Å². The number of ether oxygens (including phenoxy) is 4. The molecular formula is C31H33N3O8S. The Morgan fingerprint density at radius 2 is 1.58 bits per heavy atom. The molecule has 0 fully saturated rings. The summed E-state index contributed by atoms with van der Waals surface area (Å²) in [6.07, 6.45) is 4.52. The average Bonchev–Trinajstić information content (AvgIpc) is 3.19. The van der Waals surface area contributed by atoms with Gasteiger partial charge < -0.3 is 24.3 Å². The molecule has 1 aliphatic rings. The molecule has 12 heteroatoms. The topological polar surface area (TPSA) is 142 Å². The number of amides is 2. The van der Waals surface area contributed by atoms with E-state index in [0.29, 0.717) is 39.6 Å². The number of hydrogen-bond acceptors (Lipinski definition) is 10. The van der Waals surface area contributed by atoms with Crippen LogP contribution in [0.2, 0.25) is 0 Å². The zero-order valence-corrected chi connectivity index (χ0v) is 25.2. The molecule has 0 atom stereocenters. The van der Waals surface area contributed by atoms with E-state index in [1.165, 1.54) is 25.6 Å². The molecular weight excluding hydrogens is 574 g/mol. The number of fused-ring (bicyclic) bond motifs is 1. The third kappa shape index (κ3) is 7.58. The number of esters is 2. The number of hydrogen-bond donors (Lipinski definition) is 2. The van der Waals surface area contributed by atoms with Gasteiger partial charge >= 0.3 is 23.8 Å². The fourth-order valence-corrected chi connectivity index (χ4v) is 5.80. The second-order valence-corrected chi connectivity index (χ2v) is 10.7. The molecule has 1 heterocycles. The molecule has 0 spiro atoms. The minimum atomic E-state index is -1.00. The van der Waals surface area contributed by atoms with Crippen molar-refractivity contribution in [2.24, 2.45) is 5.10 Å². The number of aryl methyl sites for hydroxylation is 1. The van der Waals surface area contributed by atoms with E-state index in [0.717, 1.165) is 36.1 Å². The molecule has 0 radical (unpaired) electrons. The Morgan fingerprint density at radius 3 is 2.28 bits per heavy atom. The summed E-state index contributed by atoms with van der Waals surface area (Å²) in [6.45, 7) is 3.54. The number of nitrogens with one attached hydrogen (secondary N) is 2. The molecule has 0 saturated carbocycles. The predicted molar refractivity (Wildman–Crippen MR) is 161 cm³/mol. The number of benzene rings is 2. The first-order valence-corrected chi connectivity index (χ1v) is 14.6. The van der Waals surface area contributed by atoms with Gasteiger partial charge in [0.15, 0.2) is 11.5 Å². The molecule has 0 aliphatic heterocycles. The largest absolute Gasteiger partial charge is 0.497 e. The van der Waals surface area contributed by atoms with Crippen molar-refractivity contribution >= 4 is 45.8 Å². The molecule has 43 heavy (non-hydrogen) atoms. The first-order chi connectivity index (χ1) is 20.7. The van der Waals surface area contributed by atoms with Crippen molar-refractivity contribution in [2.45, 2.75) is 46.0 Å². The first-order valence-electron chi connectivity index (χ1n) is 13.8. The van der Waals surface area contributed by atoms with Gasteiger partial charge in [-0.1, -0.05) is 6.42 Å². The molecule has 0 unspecified atom stereocenters. The van der Waals surface area contributed by atoms with Gasteiger partial charge in [0, 0.05) is 10.4 Å². The predicted octanol–water partition coefficient (Wildman–Crippen LogP) is 4.91. The number of rotatable bonds is 9. The first kappa shape index (κ1) is 31.2. The molecule has 2 aromatic carbocycles. The zero-order chi connectivity index (χ0) is 30.9. The van der Waals surface area contributed by atoms with E-state index in [1.54, 1.807) is 56.3 Å². The normalized spacial score (nSPS) is 12.8.